The molecule has 1 amide bonds. The molecule has 1 aromatic rings. The molecule has 0 aliphatic carbocycles. The van der Waals surface area contributed by atoms with Crippen molar-refractivity contribution in [2.75, 3.05) is 0 Å². The van der Waals surface area contributed by atoms with E-state index in [4.69, 9.17) is 5.21 Å². The van der Waals surface area contributed by atoms with E-state index in [0.717, 1.165) is 5.56 Å². The van der Waals surface area contributed by atoms with Crippen molar-refractivity contribution < 1.29 is 10.0 Å². The summed E-state index contributed by atoms with van der Waals surface area (Å²) in [5.41, 5.74) is 2.50. The lowest BCUT2D eigenvalue weighted by atomic mass is 9.96. The first-order valence-electron chi connectivity index (χ1n) is 4.07. The number of hydrogen-bond acceptors (Lipinski definition) is 2. The molecule has 0 saturated heterocycles. The highest BCUT2D eigenvalue weighted by Gasteiger charge is 2.16. The highest BCUT2D eigenvalue weighted by molar-refractivity contribution is 5.82. The number of rotatable bonds is 3. The Balaban J connectivity index is 2.85. The molecule has 0 bridgehead atoms. The maximum atomic E-state index is 11.1. The van der Waals surface area contributed by atoms with Gasteiger partial charge in [0.2, 0.25) is 0 Å². The molecular weight excluding hydrogens is 166 g/mol. The van der Waals surface area contributed by atoms with E-state index in [2.05, 4.69) is 6.92 Å². The number of hydroxylamine groups is 1. The van der Waals surface area contributed by atoms with Crippen LogP contribution < -0.4 is 5.48 Å². The molecule has 3 heteroatoms. The van der Waals surface area contributed by atoms with Gasteiger partial charge in [0.1, 0.15) is 0 Å². The Morgan fingerprint density at radius 1 is 1.46 bits per heavy atom. The molecule has 0 fully saturated rings. The fourth-order valence-corrected chi connectivity index (χ4v) is 1.21. The number of amides is 1. The molecule has 0 heterocycles. The summed E-state index contributed by atoms with van der Waals surface area (Å²) in [7, 11) is 0. The second-order valence-corrected chi connectivity index (χ2v) is 2.73. The van der Waals surface area contributed by atoms with Crippen molar-refractivity contribution in [3.05, 3.63) is 42.8 Å². The third-order valence-electron chi connectivity index (χ3n) is 1.92. The maximum Gasteiger partial charge on any atom is 0.250 e. The van der Waals surface area contributed by atoms with Crippen molar-refractivity contribution in [3.63, 3.8) is 0 Å². The summed E-state index contributed by atoms with van der Waals surface area (Å²) in [6.45, 7) is 3.66. The average Bonchev–Trinajstić information content (AvgIpc) is 2.20. The van der Waals surface area contributed by atoms with Crippen LogP contribution in [-0.4, -0.2) is 11.1 Å². The lowest BCUT2D eigenvalue weighted by molar-refractivity contribution is -0.130. The van der Waals surface area contributed by atoms with Gasteiger partial charge in [-0.1, -0.05) is 37.3 Å². The minimum absolute atomic E-state index is 0.369. The van der Waals surface area contributed by atoms with Crippen molar-refractivity contribution in [3.8, 4) is 0 Å². The number of benzene rings is 1. The molecule has 0 spiro atoms. The van der Waals surface area contributed by atoms with Crippen molar-refractivity contribution in [2.24, 2.45) is 0 Å². The first-order chi connectivity index (χ1) is 6.29. The van der Waals surface area contributed by atoms with Gasteiger partial charge in [-0.05, 0) is 12.0 Å². The van der Waals surface area contributed by atoms with Gasteiger partial charge in [0.05, 0.1) is 5.92 Å². The molecule has 0 aliphatic heterocycles. The second kappa shape index (κ2) is 4.62. The molecule has 2 N–H and O–H groups in total. The molecule has 0 saturated carbocycles. The van der Waals surface area contributed by atoms with Crippen LogP contribution in [0.3, 0.4) is 0 Å². The summed E-state index contributed by atoms with van der Waals surface area (Å²) in [6.07, 6.45) is 0.427. The molecule has 1 radical (unpaired) electrons. The van der Waals surface area contributed by atoms with Crippen LogP contribution in [0, 0.1) is 6.92 Å². The zero-order chi connectivity index (χ0) is 9.68. The van der Waals surface area contributed by atoms with Crippen LogP contribution >= 0.6 is 0 Å². The number of hydrogen-bond donors (Lipinski definition) is 2. The molecule has 1 atom stereocenters. The molecule has 1 rings (SSSR count). The molecule has 0 aliphatic rings. The van der Waals surface area contributed by atoms with E-state index in [9.17, 15) is 4.79 Å². The van der Waals surface area contributed by atoms with Crippen molar-refractivity contribution in [2.45, 2.75) is 12.3 Å². The smallest absolute Gasteiger partial charge is 0.250 e. The average molecular weight is 178 g/mol. The molecule has 69 valence electrons. The van der Waals surface area contributed by atoms with E-state index in [1.165, 1.54) is 0 Å². The van der Waals surface area contributed by atoms with E-state index in [-0.39, 0.29) is 5.92 Å². The third kappa shape index (κ3) is 2.29. The van der Waals surface area contributed by atoms with Gasteiger partial charge in [0.15, 0.2) is 0 Å². The minimum atomic E-state index is -0.416. The summed E-state index contributed by atoms with van der Waals surface area (Å²) in [5.74, 6) is -0.785. The predicted octanol–water partition coefficient (Wildman–Crippen LogP) is 1.50. The largest absolute Gasteiger partial charge is 0.289 e. The van der Waals surface area contributed by atoms with Crippen LogP contribution in [0.4, 0.5) is 0 Å². The number of nitrogens with one attached hydrogen (secondary N) is 1. The van der Waals surface area contributed by atoms with Crippen molar-refractivity contribution in [1.29, 1.82) is 0 Å². The molecule has 0 aromatic heterocycles. The summed E-state index contributed by atoms with van der Waals surface area (Å²) >= 11 is 0. The molecule has 1 aromatic carbocycles. The Morgan fingerprint density at radius 2 is 2.08 bits per heavy atom. The van der Waals surface area contributed by atoms with E-state index >= 15 is 0 Å². The van der Waals surface area contributed by atoms with Gasteiger partial charge in [-0.2, -0.15) is 0 Å². The SMILES string of the molecule is [CH2]C[C@H](C(=O)NO)c1ccccc1. The zero-order valence-corrected chi connectivity index (χ0v) is 7.23. The van der Waals surface area contributed by atoms with E-state index in [0.29, 0.717) is 6.42 Å². The summed E-state index contributed by atoms with van der Waals surface area (Å²) < 4.78 is 0. The summed E-state index contributed by atoms with van der Waals surface area (Å²) in [4.78, 5) is 11.1. The van der Waals surface area contributed by atoms with Crippen LogP contribution in [0.15, 0.2) is 30.3 Å². The van der Waals surface area contributed by atoms with Gasteiger partial charge < -0.3 is 0 Å². The topological polar surface area (TPSA) is 49.3 Å². The standard InChI is InChI=1S/C10H12NO2/c1-2-9(10(12)11-13)8-6-4-3-5-7-8/h3-7,9,13H,1-2H2,(H,11,12)/t9-/m0/s1. The van der Waals surface area contributed by atoms with E-state index in [1.54, 1.807) is 5.48 Å². The van der Waals surface area contributed by atoms with Crippen molar-refractivity contribution in [1.82, 2.24) is 5.48 Å². The third-order valence-corrected chi connectivity index (χ3v) is 1.92. The first-order valence-corrected chi connectivity index (χ1v) is 4.07. The molecular formula is C10H12NO2. The monoisotopic (exact) mass is 178 g/mol. The second-order valence-electron chi connectivity index (χ2n) is 2.73. The predicted molar refractivity (Wildman–Crippen MR) is 49.1 cm³/mol. The van der Waals surface area contributed by atoms with Crippen LogP contribution in [0.1, 0.15) is 17.9 Å². The van der Waals surface area contributed by atoms with Gasteiger partial charge >= 0.3 is 0 Å². The Hall–Kier alpha value is -1.35. The minimum Gasteiger partial charge on any atom is -0.289 e. The van der Waals surface area contributed by atoms with E-state index in [1.807, 2.05) is 30.3 Å². The Morgan fingerprint density at radius 3 is 2.54 bits per heavy atom. The molecule has 13 heavy (non-hydrogen) atoms. The van der Waals surface area contributed by atoms with Crippen molar-refractivity contribution >= 4 is 5.91 Å². The van der Waals surface area contributed by atoms with Gasteiger partial charge in [-0.25, -0.2) is 5.48 Å². The number of carbonyl (C=O) groups excluding carboxylic acids is 1. The zero-order valence-electron chi connectivity index (χ0n) is 7.23. The van der Waals surface area contributed by atoms with Crippen LogP contribution in [0.2, 0.25) is 0 Å². The number of carbonyl (C=O) groups is 1. The van der Waals surface area contributed by atoms with Crippen LogP contribution in [-0.2, 0) is 4.79 Å². The van der Waals surface area contributed by atoms with Gasteiger partial charge in [-0.3, -0.25) is 10.0 Å². The highest BCUT2D eigenvalue weighted by Crippen LogP contribution is 2.18. The lowest BCUT2D eigenvalue weighted by Crippen LogP contribution is -2.25. The van der Waals surface area contributed by atoms with Crippen LogP contribution in [0.25, 0.3) is 0 Å². The fourth-order valence-electron chi connectivity index (χ4n) is 1.21. The fraction of sp³-hybridized carbons (Fsp3) is 0.200. The first kappa shape index (κ1) is 9.74. The summed E-state index contributed by atoms with van der Waals surface area (Å²) in [5, 5.41) is 8.47. The molecule has 0 unspecified atom stereocenters. The van der Waals surface area contributed by atoms with Crippen LogP contribution in [0.5, 0.6) is 0 Å². The van der Waals surface area contributed by atoms with Gasteiger partial charge in [0.25, 0.3) is 5.91 Å². The summed E-state index contributed by atoms with van der Waals surface area (Å²) in [6, 6.07) is 9.25. The molecule has 3 nitrogen and oxygen atoms in total. The van der Waals surface area contributed by atoms with Gasteiger partial charge in [-0.15, -0.1) is 0 Å². The maximum absolute atomic E-state index is 11.1. The normalized spacial score (nSPS) is 12.2. The lowest BCUT2D eigenvalue weighted by Gasteiger charge is -2.11. The van der Waals surface area contributed by atoms with Gasteiger partial charge in [0, 0.05) is 0 Å². The Bertz CT molecular complexity index is 272. The Kier molecular flexibility index (Phi) is 3.46. The highest BCUT2D eigenvalue weighted by atomic mass is 16.5. The quantitative estimate of drug-likeness (QED) is 0.544. The Labute approximate surface area is 77.4 Å². The van der Waals surface area contributed by atoms with E-state index < -0.39 is 5.91 Å².